The number of carbonyl (C=O) groups is 2. The van der Waals surface area contributed by atoms with Crippen LogP contribution in [0.25, 0.3) is 0 Å². The minimum absolute atomic E-state index is 0.195. The molecule has 35 heavy (non-hydrogen) atoms. The maximum absolute atomic E-state index is 12.8. The van der Waals surface area contributed by atoms with Gasteiger partial charge in [-0.1, -0.05) is 6.07 Å². The lowest BCUT2D eigenvalue weighted by atomic mass is 10.1. The highest BCUT2D eigenvalue weighted by Gasteiger charge is 2.13. The number of aromatic nitrogens is 1. The van der Waals surface area contributed by atoms with E-state index in [4.69, 9.17) is 13.9 Å². The predicted octanol–water partition coefficient (Wildman–Crippen LogP) is 5.36. The van der Waals surface area contributed by atoms with Gasteiger partial charge in [-0.2, -0.15) is 0 Å². The van der Waals surface area contributed by atoms with Gasteiger partial charge in [0, 0.05) is 30.1 Å². The van der Waals surface area contributed by atoms with E-state index >= 15 is 0 Å². The maximum atomic E-state index is 12.8. The molecule has 0 saturated heterocycles. The van der Waals surface area contributed by atoms with Crippen molar-refractivity contribution in [1.29, 1.82) is 0 Å². The third-order valence-electron chi connectivity index (χ3n) is 5.10. The van der Waals surface area contributed by atoms with Gasteiger partial charge in [0.15, 0.2) is 5.76 Å². The van der Waals surface area contributed by atoms with Crippen LogP contribution in [0.5, 0.6) is 17.4 Å². The van der Waals surface area contributed by atoms with Crippen LogP contribution >= 0.6 is 0 Å². The number of aryl methyl sites for hydroxylation is 1. The second-order valence-corrected chi connectivity index (χ2v) is 7.65. The highest BCUT2D eigenvalue weighted by atomic mass is 16.5. The van der Waals surface area contributed by atoms with Gasteiger partial charge in [-0.3, -0.25) is 9.59 Å². The lowest BCUT2D eigenvalue weighted by Gasteiger charge is -2.11. The first kappa shape index (κ1) is 23.6. The molecule has 0 aliphatic heterocycles. The number of rotatable bonds is 9. The van der Waals surface area contributed by atoms with Crippen LogP contribution in [0.2, 0.25) is 0 Å². The molecule has 0 unspecified atom stereocenters. The molecule has 0 spiro atoms. The monoisotopic (exact) mass is 471 g/mol. The third kappa shape index (κ3) is 6.26. The fraction of sp³-hybridized carbons (Fsp3) is 0.148. The summed E-state index contributed by atoms with van der Waals surface area (Å²) in [4.78, 5) is 29.3. The third-order valence-corrected chi connectivity index (χ3v) is 5.10. The summed E-state index contributed by atoms with van der Waals surface area (Å²) in [5, 5.41) is 5.66. The van der Waals surface area contributed by atoms with Crippen molar-refractivity contribution in [3.8, 4) is 17.4 Å². The first-order chi connectivity index (χ1) is 17.0. The Kier molecular flexibility index (Phi) is 7.42. The van der Waals surface area contributed by atoms with E-state index in [1.54, 1.807) is 60.8 Å². The molecular formula is C27H25N3O5. The predicted molar refractivity (Wildman–Crippen MR) is 131 cm³/mol. The van der Waals surface area contributed by atoms with Crippen molar-refractivity contribution in [3.63, 3.8) is 0 Å². The first-order valence-corrected chi connectivity index (χ1v) is 11.1. The highest BCUT2D eigenvalue weighted by molar-refractivity contribution is 6.03. The SMILES string of the molecule is CCOc1ccc(Oc2cc(CNC(=O)c3ccc(C)c(NC(=O)c4ccco4)c3)ccn2)cc1. The van der Waals surface area contributed by atoms with Crippen LogP contribution < -0.4 is 20.1 Å². The Morgan fingerprint density at radius 3 is 2.51 bits per heavy atom. The van der Waals surface area contributed by atoms with Gasteiger partial charge in [0.05, 0.1) is 12.9 Å². The summed E-state index contributed by atoms with van der Waals surface area (Å²) in [5.74, 6) is 1.35. The molecule has 2 heterocycles. The van der Waals surface area contributed by atoms with Gasteiger partial charge in [0.2, 0.25) is 5.88 Å². The average molecular weight is 472 g/mol. The Morgan fingerprint density at radius 1 is 0.971 bits per heavy atom. The second kappa shape index (κ2) is 11.0. The van der Waals surface area contributed by atoms with Gasteiger partial charge in [-0.05, 0) is 79.6 Å². The van der Waals surface area contributed by atoms with Crippen molar-refractivity contribution >= 4 is 17.5 Å². The van der Waals surface area contributed by atoms with E-state index in [9.17, 15) is 9.59 Å². The number of furan rings is 1. The molecule has 2 N–H and O–H groups in total. The summed E-state index contributed by atoms with van der Waals surface area (Å²) in [5.41, 5.74) is 2.61. The number of anilines is 1. The molecule has 0 aliphatic carbocycles. The summed E-state index contributed by atoms with van der Waals surface area (Å²) in [7, 11) is 0. The van der Waals surface area contributed by atoms with Crippen molar-refractivity contribution < 1.29 is 23.5 Å². The van der Waals surface area contributed by atoms with Crippen molar-refractivity contribution in [2.45, 2.75) is 20.4 Å². The molecule has 178 valence electrons. The van der Waals surface area contributed by atoms with Crippen molar-refractivity contribution in [1.82, 2.24) is 10.3 Å². The molecule has 0 aliphatic rings. The standard InChI is InChI=1S/C27H25N3O5/c1-3-33-21-8-10-22(11-9-21)35-25-15-19(12-13-28-25)17-29-26(31)20-7-6-18(2)23(16-20)30-27(32)24-5-4-14-34-24/h4-16H,3,17H2,1-2H3,(H,29,31)(H,30,32). The fourth-order valence-corrected chi connectivity index (χ4v) is 3.28. The lowest BCUT2D eigenvalue weighted by Crippen LogP contribution is -2.23. The van der Waals surface area contributed by atoms with E-state index in [2.05, 4.69) is 15.6 Å². The molecule has 2 aromatic heterocycles. The molecule has 0 radical (unpaired) electrons. The van der Waals surface area contributed by atoms with Gasteiger partial charge in [-0.25, -0.2) is 4.98 Å². The lowest BCUT2D eigenvalue weighted by molar-refractivity contribution is 0.0949. The number of nitrogens with zero attached hydrogens (tertiary/aromatic N) is 1. The summed E-state index contributed by atoms with van der Waals surface area (Å²) in [6.45, 7) is 4.65. The Bertz CT molecular complexity index is 1300. The maximum Gasteiger partial charge on any atom is 0.291 e. The van der Waals surface area contributed by atoms with Gasteiger partial charge in [0.1, 0.15) is 11.5 Å². The Hall–Kier alpha value is -4.59. The molecule has 0 atom stereocenters. The fourth-order valence-electron chi connectivity index (χ4n) is 3.28. The van der Waals surface area contributed by atoms with Crippen LogP contribution in [0.3, 0.4) is 0 Å². The van der Waals surface area contributed by atoms with E-state index in [-0.39, 0.29) is 24.1 Å². The largest absolute Gasteiger partial charge is 0.494 e. The van der Waals surface area contributed by atoms with Gasteiger partial charge >= 0.3 is 0 Å². The number of amides is 2. The number of carbonyl (C=O) groups excluding carboxylic acids is 2. The van der Waals surface area contributed by atoms with E-state index in [0.29, 0.717) is 29.5 Å². The Balaban J connectivity index is 1.37. The molecule has 8 nitrogen and oxygen atoms in total. The molecule has 0 bridgehead atoms. The van der Waals surface area contributed by atoms with E-state index in [1.807, 2.05) is 26.0 Å². The van der Waals surface area contributed by atoms with Gasteiger partial charge in [0.25, 0.3) is 11.8 Å². The molecule has 0 fully saturated rings. The molecule has 2 aromatic carbocycles. The summed E-state index contributed by atoms with van der Waals surface area (Å²) < 4.78 is 16.4. The Morgan fingerprint density at radius 2 is 1.77 bits per heavy atom. The topological polar surface area (TPSA) is 103 Å². The smallest absolute Gasteiger partial charge is 0.291 e. The minimum atomic E-state index is -0.382. The summed E-state index contributed by atoms with van der Waals surface area (Å²) in [6, 6.07) is 19.2. The van der Waals surface area contributed by atoms with E-state index in [0.717, 1.165) is 16.9 Å². The van der Waals surface area contributed by atoms with Crippen LogP contribution in [0, 0.1) is 6.92 Å². The Labute approximate surface area is 202 Å². The first-order valence-electron chi connectivity index (χ1n) is 11.1. The number of hydrogen-bond acceptors (Lipinski definition) is 6. The van der Waals surface area contributed by atoms with Crippen LogP contribution in [0.4, 0.5) is 5.69 Å². The quantitative estimate of drug-likeness (QED) is 0.341. The average Bonchev–Trinajstić information content (AvgIpc) is 3.41. The molecule has 8 heteroatoms. The number of benzene rings is 2. The molecule has 4 rings (SSSR count). The number of ether oxygens (including phenoxy) is 2. The molecule has 2 amide bonds. The highest BCUT2D eigenvalue weighted by Crippen LogP contribution is 2.23. The number of nitrogens with one attached hydrogen (secondary N) is 2. The minimum Gasteiger partial charge on any atom is -0.494 e. The van der Waals surface area contributed by atoms with Crippen molar-refractivity contribution in [3.05, 3.63) is 102 Å². The van der Waals surface area contributed by atoms with Crippen LogP contribution in [0.1, 0.15) is 39.0 Å². The summed E-state index contributed by atoms with van der Waals surface area (Å²) >= 11 is 0. The molecular weight excluding hydrogens is 446 g/mol. The zero-order valence-electron chi connectivity index (χ0n) is 19.4. The number of hydrogen-bond donors (Lipinski definition) is 2. The number of pyridine rings is 1. The molecule has 0 saturated carbocycles. The van der Waals surface area contributed by atoms with Crippen molar-refractivity contribution in [2.75, 3.05) is 11.9 Å². The van der Waals surface area contributed by atoms with Gasteiger partial charge in [-0.15, -0.1) is 0 Å². The van der Waals surface area contributed by atoms with Crippen LogP contribution in [0.15, 0.2) is 83.6 Å². The zero-order valence-corrected chi connectivity index (χ0v) is 19.4. The van der Waals surface area contributed by atoms with Crippen LogP contribution in [-0.4, -0.2) is 23.4 Å². The van der Waals surface area contributed by atoms with Crippen molar-refractivity contribution in [2.24, 2.45) is 0 Å². The summed E-state index contributed by atoms with van der Waals surface area (Å²) in [6.07, 6.45) is 3.05. The molecule has 4 aromatic rings. The van der Waals surface area contributed by atoms with E-state index < -0.39 is 0 Å². The van der Waals surface area contributed by atoms with E-state index in [1.165, 1.54) is 6.26 Å². The second-order valence-electron chi connectivity index (χ2n) is 7.65. The normalized spacial score (nSPS) is 10.5. The van der Waals surface area contributed by atoms with Crippen LogP contribution in [-0.2, 0) is 6.54 Å². The zero-order chi connectivity index (χ0) is 24.6. The van der Waals surface area contributed by atoms with Gasteiger partial charge < -0.3 is 24.5 Å².